The Morgan fingerprint density at radius 2 is 1.58 bits per heavy atom. The van der Waals surface area contributed by atoms with Crippen molar-refractivity contribution in [3.63, 3.8) is 0 Å². The van der Waals surface area contributed by atoms with E-state index in [4.69, 9.17) is 14.2 Å². The van der Waals surface area contributed by atoms with Crippen molar-refractivity contribution in [1.82, 2.24) is 5.32 Å². The van der Waals surface area contributed by atoms with E-state index in [1.165, 1.54) is 21.3 Å². The molecule has 196 valence electrons. The zero-order valence-corrected chi connectivity index (χ0v) is 21.2. The van der Waals surface area contributed by atoms with Crippen LogP contribution in [-0.4, -0.2) is 49.8 Å². The van der Waals surface area contributed by atoms with Crippen LogP contribution in [-0.2, 0) is 20.8 Å². The van der Waals surface area contributed by atoms with Gasteiger partial charge in [-0.15, -0.1) is 0 Å². The SMILES string of the molecule is COc1ccc([C@@H]2N[C@](Cc3ccccc3)(C(=O)O)[C@@H]3C(=O)N(c4ccccc4OC)C(=O)[C@H]32)c(OC)c1. The summed E-state index contributed by atoms with van der Waals surface area (Å²) < 4.78 is 16.4. The number of carboxylic acid groups (broad SMARTS) is 1. The lowest BCUT2D eigenvalue weighted by Crippen LogP contribution is -2.57. The number of nitrogens with one attached hydrogen (secondary N) is 1. The van der Waals surface area contributed by atoms with E-state index in [1.807, 2.05) is 30.3 Å². The van der Waals surface area contributed by atoms with Crippen molar-refractivity contribution in [3.05, 3.63) is 83.9 Å². The summed E-state index contributed by atoms with van der Waals surface area (Å²) in [6, 6.07) is 20.1. The third-order valence-electron chi connectivity index (χ3n) is 7.46. The number of carbonyl (C=O) groups is 3. The van der Waals surface area contributed by atoms with Crippen molar-refractivity contribution < 1.29 is 33.7 Å². The fourth-order valence-electron chi connectivity index (χ4n) is 5.75. The molecule has 0 unspecified atom stereocenters. The molecular formula is C29H28N2O7. The summed E-state index contributed by atoms with van der Waals surface area (Å²) in [5.74, 6) is -3.21. The number of hydrogen-bond acceptors (Lipinski definition) is 7. The highest BCUT2D eigenvalue weighted by Gasteiger charge is 2.69. The summed E-state index contributed by atoms with van der Waals surface area (Å²) in [5, 5.41) is 13.9. The monoisotopic (exact) mass is 516 g/mol. The van der Waals surface area contributed by atoms with Crippen molar-refractivity contribution in [2.24, 2.45) is 11.8 Å². The molecule has 3 aromatic rings. The van der Waals surface area contributed by atoms with E-state index in [1.54, 1.807) is 42.5 Å². The van der Waals surface area contributed by atoms with E-state index in [-0.39, 0.29) is 12.1 Å². The van der Waals surface area contributed by atoms with Gasteiger partial charge in [-0.25, -0.2) is 4.90 Å². The third kappa shape index (κ3) is 3.86. The number of amides is 2. The summed E-state index contributed by atoms with van der Waals surface area (Å²) in [7, 11) is 4.47. The first-order valence-electron chi connectivity index (χ1n) is 12.1. The normalized spacial score (nSPS) is 24.3. The molecule has 2 aliphatic rings. The van der Waals surface area contributed by atoms with Gasteiger partial charge < -0.3 is 19.3 Å². The van der Waals surface area contributed by atoms with Gasteiger partial charge in [-0.1, -0.05) is 48.5 Å². The number of imide groups is 1. The third-order valence-corrected chi connectivity index (χ3v) is 7.46. The second-order valence-electron chi connectivity index (χ2n) is 9.36. The van der Waals surface area contributed by atoms with E-state index >= 15 is 0 Å². The number of ether oxygens (including phenoxy) is 3. The molecular weight excluding hydrogens is 488 g/mol. The molecule has 0 aliphatic carbocycles. The molecule has 2 N–H and O–H groups in total. The highest BCUT2D eigenvalue weighted by atomic mass is 16.5. The largest absolute Gasteiger partial charge is 0.497 e. The van der Waals surface area contributed by atoms with E-state index in [0.29, 0.717) is 22.8 Å². The molecule has 2 fully saturated rings. The number of aliphatic carboxylic acids is 1. The molecule has 2 aliphatic heterocycles. The van der Waals surface area contributed by atoms with E-state index in [2.05, 4.69) is 5.32 Å². The highest BCUT2D eigenvalue weighted by molar-refractivity contribution is 6.25. The summed E-state index contributed by atoms with van der Waals surface area (Å²) in [4.78, 5) is 42.4. The minimum atomic E-state index is -1.76. The van der Waals surface area contributed by atoms with E-state index < -0.39 is 41.2 Å². The molecule has 0 radical (unpaired) electrons. The molecule has 0 aromatic heterocycles. The minimum Gasteiger partial charge on any atom is -0.497 e. The van der Waals surface area contributed by atoms with Gasteiger partial charge in [0, 0.05) is 24.1 Å². The number of hydrogen-bond donors (Lipinski definition) is 2. The van der Waals surface area contributed by atoms with Crippen LogP contribution in [0.2, 0.25) is 0 Å². The number of carbonyl (C=O) groups excluding carboxylic acids is 2. The van der Waals surface area contributed by atoms with Crippen LogP contribution in [0.5, 0.6) is 17.2 Å². The zero-order valence-electron chi connectivity index (χ0n) is 21.2. The summed E-state index contributed by atoms with van der Waals surface area (Å²) in [5.41, 5.74) is -0.202. The van der Waals surface area contributed by atoms with Gasteiger partial charge in [-0.05, 0) is 23.8 Å². The number of fused-ring (bicyclic) bond motifs is 1. The maximum absolute atomic E-state index is 14.1. The Bertz CT molecular complexity index is 1390. The Kier molecular flexibility index (Phi) is 6.54. The first-order chi connectivity index (χ1) is 18.4. The van der Waals surface area contributed by atoms with Crippen LogP contribution in [0, 0.1) is 11.8 Å². The Morgan fingerprint density at radius 3 is 2.24 bits per heavy atom. The highest BCUT2D eigenvalue weighted by Crippen LogP contribution is 2.53. The summed E-state index contributed by atoms with van der Waals surface area (Å²) in [6.07, 6.45) is -0.00189. The maximum atomic E-state index is 14.1. The molecule has 5 rings (SSSR count). The molecule has 2 saturated heterocycles. The van der Waals surface area contributed by atoms with Crippen LogP contribution < -0.4 is 24.4 Å². The number of nitrogens with zero attached hydrogens (tertiary/aromatic N) is 1. The summed E-state index contributed by atoms with van der Waals surface area (Å²) in [6.45, 7) is 0. The number of methoxy groups -OCH3 is 3. The predicted octanol–water partition coefficient (Wildman–Crippen LogP) is 3.23. The second kappa shape index (κ2) is 9.83. The van der Waals surface area contributed by atoms with Crippen molar-refractivity contribution in [3.8, 4) is 17.2 Å². The number of anilines is 1. The number of benzene rings is 3. The number of rotatable bonds is 8. The van der Waals surface area contributed by atoms with Gasteiger partial charge in [0.1, 0.15) is 22.8 Å². The van der Waals surface area contributed by atoms with Gasteiger partial charge in [-0.2, -0.15) is 0 Å². The van der Waals surface area contributed by atoms with Crippen LogP contribution in [0.15, 0.2) is 72.8 Å². The molecule has 3 aromatic carbocycles. The average Bonchev–Trinajstić information content (AvgIpc) is 3.42. The van der Waals surface area contributed by atoms with Gasteiger partial charge in [-0.3, -0.25) is 19.7 Å². The van der Waals surface area contributed by atoms with Crippen molar-refractivity contribution in [1.29, 1.82) is 0 Å². The smallest absolute Gasteiger partial charge is 0.325 e. The lowest BCUT2D eigenvalue weighted by Gasteiger charge is -2.31. The number of carboxylic acids is 1. The minimum absolute atomic E-state index is 0.00189. The van der Waals surface area contributed by atoms with Gasteiger partial charge in [0.2, 0.25) is 11.8 Å². The van der Waals surface area contributed by atoms with Crippen LogP contribution >= 0.6 is 0 Å². The lowest BCUT2D eigenvalue weighted by molar-refractivity contribution is -0.148. The fraction of sp³-hybridized carbons (Fsp3) is 0.276. The maximum Gasteiger partial charge on any atom is 0.325 e. The topological polar surface area (TPSA) is 114 Å². The second-order valence-corrected chi connectivity index (χ2v) is 9.36. The molecule has 9 nitrogen and oxygen atoms in total. The van der Waals surface area contributed by atoms with Crippen molar-refractivity contribution >= 4 is 23.5 Å². The Labute approximate surface area is 219 Å². The van der Waals surface area contributed by atoms with Gasteiger partial charge in [0.25, 0.3) is 0 Å². The van der Waals surface area contributed by atoms with Crippen molar-refractivity contribution in [2.75, 3.05) is 26.2 Å². The molecule has 2 amide bonds. The fourth-order valence-corrected chi connectivity index (χ4v) is 5.75. The molecule has 4 atom stereocenters. The van der Waals surface area contributed by atoms with Crippen LogP contribution in [0.3, 0.4) is 0 Å². The van der Waals surface area contributed by atoms with Crippen LogP contribution in [0.25, 0.3) is 0 Å². The average molecular weight is 517 g/mol. The van der Waals surface area contributed by atoms with Gasteiger partial charge in [0.05, 0.1) is 38.9 Å². The van der Waals surface area contributed by atoms with E-state index in [9.17, 15) is 19.5 Å². The standard InChI is InChI=1S/C29H28N2O7/c1-36-18-13-14-19(22(15-18)38-3)25-23-24(29(30-25,28(34)35)16-17-9-5-4-6-10-17)27(33)31(26(23)32)20-11-7-8-12-21(20)37-2/h4-15,23-25,30H,16H2,1-3H3,(H,34,35)/t23-,24+,25+,29+/m1/s1. The van der Waals surface area contributed by atoms with Crippen LogP contribution in [0.1, 0.15) is 17.2 Å². The van der Waals surface area contributed by atoms with Crippen molar-refractivity contribution in [2.45, 2.75) is 18.0 Å². The molecule has 9 heteroatoms. The van der Waals surface area contributed by atoms with Gasteiger partial charge >= 0.3 is 5.97 Å². The molecule has 2 heterocycles. The molecule has 0 bridgehead atoms. The van der Waals surface area contributed by atoms with Gasteiger partial charge in [0.15, 0.2) is 0 Å². The first kappa shape index (κ1) is 25.3. The Balaban J connectivity index is 1.70. The Hall–Kier alpha value is -4.37. The molecule has 0 saturated carbocycles. The summed E-state index contributed by atoms with van der Waals surface area (Å²) >= 11 is 0. The Morgan fingerprint density at radius 1 is 0.895 bits per heavy atom. The quantitative estimate of drug-likeness (QED) is 0.439. The zero-order chi connectivity index (χ0) is 27.0. The first-order valence-corrected chi connectivity index (χ1v) is 12.1. The lowest BCUT2D eigenvalue weighted by atomic mass is 9.76. The predicted molar refractivity (Wildman–Crippen MR) is 138 cm³/mol. The molecule has 0 spiro atoms. The number of para-hydroxylation sites is 2. The molecule has 38 heavy (non-hydrogen) atoms. The van der Waals surface area contributed by atoms with Crippen LogP contribution in [0.4, 0.5) is 5.69 Å². The van der Waals surface area contributed by atoms with E-state index in [0.717, 1.165) is 10.5 Å².